The molecule has 2 aliphatic rings. The molecule has 0 spiro atoms. The summed E-state index contributed by atoms with van der Waals surface area (Å²) in [4.78, 5) is 14.4. The Morgan fingerprint density at radius 3 is 2.44 bits per heavy atom. The third-order valence-electron chi connectivity index (χ3n) is 11.5. The Labute approximate surface area is 365 Å². The number of para-hydroxylation sites is 1. The minimum Gasteiger partial charge on any atom is -0.691 e. The SMILES string of the molecule is CC1(C)C(/C=C/C=C/C=C2/N(CCCOc3ccc(O)cc3)c3ccccc3C2(C)CCCCSOO[O-])=[N+](CCCCCC(=O)O)c2ccc3ccc(SOO[O-])cc3c21. The van der Waals surface area contributed by atoms with Gasteiger partial charge in [-0.1, -0.05) is 48.9 Å². The van der Waals surface area contributed by atoms with Crippen molar-refractivity contribution in [2.24, 2.45) is 0 Å². The molecule has 14 heteroatoms. The van der Waals surface area contributed by atoms with Gasteiger partial charge in [-0.25, -0.2) is 0 Å². The zero-order chi connectivity index (χ0) is 43.2. The number of carboxylic acids is 1. The summed E-state index contributed by atoms with van der Waals surface area (Å²) in [5.74, 6) is 0.766. The summed E-state index contributed by atoms with van der Waals surface area (Å²) in [7, 11) is 0. The number of rotatable bonds is 24. The maximum absolute atomic E-state index is 11.2. The molecule has 6 rings (SSSR count). The van der Waals surface area contributed by atoms with Crippen LogP contribution in [0.2, 0.25) is 0 Å². The number of fused-ring (bicyclic) bond motifs is 4. The van der Waals surface area contributed by atoms with E-state index < -0.39 is 11.4 Å². The molecule has 0 aromatic heterocycles. The number of benzene rings is 4. The molecule has 0 fully saturated rings. The lowest BCUT2D eigenvalue weighted by molar-refractivity contribution is -0.777. The Balaban J connectivity index is 1.29. The summed E-state index contributed by atoms with van der Waals surface area (Å²) in [6.07, 6.45) is 16.5. The van der Waals surface area contributed by atoms with Gasteiger partial charge < -0.3 is 30.4 Å². The Bertz CT molecular complexity index is 2240. The van der Waals surface area contributed by atoms with Crippen LogP contribution < -0.4 is 20.2 Å². The maximum Gasteiger partial charge on any atom is 0.303 e. The summed E-state index contributed by atoms with van der Waals surface area (Å²) in [5, 5.41) is 49.1. The quantitative estimate of drug-likeness (QED) is 0.0172. The van der Waals surface area contributed by atoms with Crippen molar-refractivity contribution >= 4 is 57.9 Å². The van der Waals surface area contributed by atoms with Crippen molar-refractivity contribution in [2.45, 2.75) is 87.9 Å². The number of phenolic OH excluding ortho intramolecular Hbond substituents is 1. The van der Waals surface area contributed by atoms with Crippen molar-refractivity contribution < 1.29 is 53.6 Å². The number of allylic oxidation sites excluding steroid dienone is 6. The lowest BCUT2D eigenvalue weighted by Crippen LogP contribution is -2.30. The number of hydrogen-bond acceptors (Lipinski definition) is 12. The van der Waals surface area contributed by atoms with Crippen LogP contribution in [0.5, 0.6) is 11.5 Å². The molecular weight excluding hydrogens is 817 g/mol. The van der Waals surface area contributed by atoms with Gasteiger partial charge in [-0.3, -0.25) is 14.9 Å². The summed E-state index contributed by atoms with van der Waals surface area (Å²) in [6.45, 7) is 8.72. The minimum absolute atomic E-state index is 0.153. The highest BCUT2D eigenvalue weighted by Crippen LogP contribution is 2.51. The lowest BCUT2D eigenvalue weighted by atomic mass is 9.77. The number of unbranched alkanes of at least 4 members (excludes halogenated alkanes) is 3. The number of aromatic hydroxyl groups is 1. The minimum atomic E-state index is -0.780. The van der Waals surface area contributed by atoms with Crippen molar-refractivity contribution in [1.82, 2.24) is 0 Å². The monoisotopic (exact) mass is 869 g/mol. The van der Waals surface area contributed by atoms with Crippen molar-refractivity contribution in [2.75, 3.05) is 30.3 Å². The highest BCUT2D eigenvalue weighted by Gasteiger charge is 2.46. The van der Waals surface area contributed by atoms with Crippen molar-refractivity contribution in [1.29, 1.82) is 0 Å². The molecule has 324 valence electrons. The standard InChI is InChI=1S/C47H54N2O10S2/c1-46(2)42(49(29-12-5-8-19-44(51)52)41-27-21-34-20-26-37(61-59-57-54)33-38(34)45(41)46)17-6-4-7-18-43-47(3,28-11-13-32-60-58-56-53)39-15-9-10-16-40(39)48(43)30-14-31-55-36-24-22-35(50)23-25-36/h4,6-7,9-10,15-18,20-27,33H,5,8,11-14,19,28-32H2,1-3H3,(H3-,50,51,52,53,54)/p-1. The fourth-order valence-electron chi connectivity index (χ4n) is 8.66. The number of aliphatic carboxylic acids is 1. The third-order valence-corrected chi connectivity index (χ3v) is 12.7. The van der Waals surface area contributed by atoms with E-state index in [9.17, 15) is 25.5 Å². The summed E-state index contributed by atoms with van der Waals surface area (Å²) in [6, 6.07) is 25.5. The molecule has 0 bridgehead atoms. The Morgan fingerprint density at radius 1 is 0.869 bits per heavy atom. The first-order chi connectivity index (χ1) is 29.6. The average Bonchev–Trinajstić information content (AvgIpc) is 3.62. The fourth-order valence-corrected chi connectivity index (χ4v) is 9.48. The Kier molecular flexibility index (Phi) is 16.5. The number of carbonyl (C=O) groups is 1. The van der Waals surface area contributed by atoms with E-state index in [1.807, 2.05) is 18.2 Å². The van der Waals surface area contributed by atoms with Crippen molar-refractivity contribution in [3.05, 3.63) is 126 Å². The van der Waals surface area contributed by atoms with Crippen LogP contribution >= 0.6 is 24.1 Å². The molecule has 0 aliphatic carbocycles. The van der Waals surface area contributed by atoms with E-state index in [1.165, 1.54) is 22.5 Å². The number of ether oxygens (including phenoxy) is 1. The van der Waals surface area contributed by atoms with Gasteiger partial charge in [0.15, 0.2) is 5.71 Å². The smallest absolute Gasteiger partial charge is 0.303 e. The van der Waals surface area contributed by atoms with E-state index in [1.54, 1.807) is 24.3 Å². The Morgan fingerprint density at radius 2 is 1.66 bits per heavy atom. The van der Waals surface area contributed by atoms with Gasteiger partial charge in [0.1, 0.15) is 18.0 Å². The molecule has 4 aromatic rings. The summed E-state index contributed by atoms with van der Waals surface area (Å²) >= 11 is 1.89. The zero-order valence-corrected chi connectivity index (χ0v) is 36.4. The number of nitrogens with zero attached hydrogens (tertiary/aromatic N) is 2. The van der Waals surface area contributed by atoms with Gasteiger partial charge in [-0.05, 0) is 124 Å². The molecule has 2 N–H and O–H groups in total. The molecule has 1 unspecified atom stereocenters. The van der Waals surface area contributed by atoms with Gasteiger partial charge in [-0.15, -0.1) is 0 Å². The molecule has 0 saturated carbocycles. The highest BCUT2D eigenvalue weighted by atomic mass is 32.2. The highest BCUT2D eigenvalue weighted by molar-refractivity contribution is 7.94. The van der Waals surface area contributed by atoms with E-state index in [0.29, 0.717) is 24.5 Å². The number of anilines is 1. The van der Waals surface area contributed by atoms with Crippen LogP contribution in [-0.4, -0.2) is 51.9 Å². The molecule has 12 nitrogen and oxygen atoms in total. The van der Waals surface area contributed by atoms with E-state index in [0.717, 1.165) is 103 Å². The molecule has 0 amide bonds. The van der Waals surface area contributed by atoms with Gasteiger partial charge in [0.05, 0.1) is 24.1 Å². The van der Waals surface area contributed by atoms with Gasteiger partial charge in [-0.2, -0.15) is 13.2 Å². The summed E-state index contributed by atoms with van der Waals surface area (Å²) in [5.41, 5.74) is 6.33. The first kappa shape index (κ1) is 45.9. The van der Waals surface area contributed by atoms with Gasteiger partial charge in [0.25, 0.3) is 0 Å². The van der Waals surface area contributed by atoms with E-state index >= 15 is 0 Å². The normalized spacial score (nSPS) is 17.7. The van der Waals surface area contributed by atoms with Crippen molar-refractivity contribution in [3.8, 4) is 11.5 Å². The first-order valence-electron chi connectivity index (χ1n) is 20.6. The molecular formula is C47H53N2O10S2-. The molecule has 0 saturated heterocycles. The predicted octanol–water partition coefficient (Wildman–Crippen LogP) is 9.08. The number of carboxylic acid groups (broad SMARTS) is 1. The second-order valence-electron chi connectivity index (χ2n) is 15.8. The molecule has 1 atom stereocenters. The van der Waals surface area contributed by atoms with Crippen LogP contribution in [0.1, 0.15) is 83.3 Å². The molecule has 2 heterocycles. The maximum atomic E-state index is 11.2. The molecule has 2 aliphatic heterocycles. The zero-order valence-electron chi connectivity index (χ0n) is 34.7. The van der Waals surface area contributed by atoms with Crippen LogP contribution in [0.4, 0.5) is 11.4 Å². The molecule has 61 heavy (non-hydrogen) atoms. The summed E-state index contributed by atoms with van der Waals surface area (Å²) < 4.78 is 17.5. The Hall–Kier alpha value is -4.64. The van der Waals surface area contributed by atoms with Gasteiger partial charge in [0, 0.05) is 76.6 Å². The first-order valence-corrected chi connectivity index (χ1v) is 22.2. The number of hydrogen-bond donors (Lipinski definition) is 2. The topological polar surface area (TPSA) is 156 Å². The molecule has 0 radical (unpaired) electrons. The largest absolute Gasteiger partial charge is 0.691 e. The third kappa shape index (κ3) is 11.3. The van der Waals surface area contributed by atoms with Gasteiger partial charge >= 0.3 is 5.97 Å². The average molecular weight is 870 g/mol. The van der Waals surface area contributed by atoms with Crippen LogP contribution in [-0.2, 0) is 34.4 Å². The lowest BCUT2D eigenvalue weighted by Gasteiger charge is -2.30. The second-order valence-corrected chi connectivity index (χ2v) is 17.4. The van der Waals surface area contributed by atoms with Crippen LogP contribution in [0, 0.1) is 0 Å². The molecule has 4 aromatic carbocycles. The van der Waals surface area contributed by atoms with Crippen LogP contribution in [0.3, 0.4) is 0 Å². The van der Waals surface area contributed by atoms with E-state index in [-0.39, 0.29) is 17.6 Å². The van der Waals surface area contributed by atoms with Gasteiger partial charge in [0.2, 0.25) is 5.69 Å². The van der Waals surface area contributed by atoms with Crippen LogP contribution in [0.25, 0.3) is 10.8 Å². The fraction of sp³-hybridized carbons (Fsp3) is 0.362. The van der Waals surface area contributed by atoms with Crippen LogP contribution in [0.15, 0.2) is 120 Å². The van der Waals surface area contributed by atoms with E-state index in [2.05, 4.69) is 116 Å². The number of phenols is 1. The predicted molar refractivity (Wildman–Crippen MR) is 235 cm³/mol. The second kappa shape index (κ2) is 21.9. The van der Waals surface area contributed by atoms with Crippen molar-refractivity contribution in [3.63, 3.8) is 0 Å². The van der Waals surface area contributed by atoms with E-state index in [4.69, 9.17) is 4.74 Å².